The molecule has 1 aromatic carbocycles. The summed E-state index contributed by atoms with van der Waals surface area (Å²) in [5, 5.41) is 3.53. The maximum absolute atomic E-state index is 3.53. The molecule has 2 rings (SSSR count). The Bertz CT molecular complexity index is 396. The Morgan fingerprint density at radius 2 is 1.60 bits per heavy atom. The van der Waals surface area contributed by atoms with Gasteiger partial charge in [0.05, 0.1) is 0 Å². The van der Waals surface area contributed by atoms with Crippen molar-refractivity contribution in [3.63, 3.8) is 0 Å². The zero-order valence-corrected chi connectivity index (χ0v) is 13.6. The zero-order valence-electron chi connectivity index (χ0n) is 13.6. The van der Waals surface area contributed by atoms with Gasteiger partial charge >= 0.3 is 0 Å². The molecule has 0 bridgehead atoms. The van der Waals surface area contributed by atoms with Gasteiger partial charge in [0, 0.05) is 24.7 Å². The molecule has 0 atom stereocenters. The first kappa shape index (κ1) is 15.5. The second-order valence-corrected chi connectivity index (χ2v) is 7.27. The largest absolute Gasteiger partial charge is 0.308 e. The summed E-state index contributed by atoms with van der Waals surface area (Å²) in [5.41, 5.74) is 2.98. The van der Waals surface area contributed by atoms with Gasteiger partial charge in [-0.15, -0.1) is 0 Å². The van der Waals surface area contributed by atoms with E-state index in [1.54, 1.807) is 0 Å². The standard InChI is InChI=1S/C18H30N2/c1-18(2,3)19-13-15-9-11-16(12-10-15)14-20(4)17-7-5-6-8-17/h9-12,17,19H,5-8,13-14H2,1-4H3. The van der Waals surface area contributed by atoms with E-state index in [4.69, 9.17) is 0 Å². The van der Waals surface area contributed by atoms with Gasteiger partial charge in [0.1, 0.15) is 0 Å². The molecular weight excluding hydrogens is 244 g/mol. The molecule has 1 aliphatic rings. The Kier molecular flexibility index (Phi) is 5.22. The lowest BCUT2D eigenvalue weighted by Gasteiger charge is -2.24. The van der Waals surface area contributed by atoms with Crippen LogP contribution in [0, 0.1) is 0 Å². The van der Waals surface area contributed by atoms with E-state index in [0.717, 1.165) is 19.1 Å². The molecule has 1 fully saturated rings. The van der Waals surface area contributed by atoms with Crippen LogP contribution in [-0.4, -0.2) is 23.5 Å². The van der Waals surface area contributed by atoms with Gasteiger partial charge in [-0.3, -0.25) is 4.90 Å². The van der Waals surface area contributed by atoms with E-state index in [-0.39, 0.29) is 5.54 Å². The molecule has 0 saturated heterocycles. The molecule has 1 aliphatic carbocycles. The highest BCUT2D eigenvalue weighted by Crippen LogP contribution is 2.23. The molecule has 2 nitrogen and oxygen atoms in total. The number of nitrogens with zero attached hydrogens (tertiary/aromatic N) is 1. The van der Waals surface area contributed by atoms with Crippen LogP contribution in [0.25, 0.3) is 0 Å². The van der Waals surface area contributed by atoms with Crippen molar-refractivity contribution in [1.82, 2.24) is 10.2 Å². The van der Waals surface area contributed by atoms with Gasteiger partial charge in [0.25, 0.3) is 0 Å². The Morgan fingerprint density at radius 1 is 1.05 bits per heavy atom. The first-order valence-electron chi connectivity index (χ1n) is 7.97. The minimum atomic E-state index is 0.182. The number of hydrogen-bond acceptors (Lipinski definition) is 2. The lowest BCUT2D eigenvalue weighted by Crippen LogP contribution is -2.35. The van der Waals surface area contributed by atoms with Crippen molar-refractivity contribution in [3.05, 3.63) is 35.4 Å². The van der Waals surface area contributed by atoms with Crippen LogP contribution in [0.15, 0.2) is 24.3 Å². The Labute approximate surface area is 124 Å². The number of rotatable bonds is 5. The number of benzene rings is 1. The van der Waals surface area contributed by atoms with Crippen molar-refractivity contribution < 1.29 is 0 Å². The van der Waals surface area contributed by atoms with Crippen LogP contribution in [0.4, 0.5) is 0 Å². The van der Waals surface area contributed by atoms with Crippen LogP contribution in [0.2, 0.25) is 0 Å². The Morgan fingerprint density at radius 3 is 2.15 bits per heavy atom. The molecule has 0 spiro atoms. The lowest BCUT2D eigenvalue weighted by molar-refractivity contribution is 0.237. The molecule has 1 N–H and O–H groups in total. The predicted octanol–water partition coefficient (Wildman–Crippen LogP) is 3.95. The topological polar surface area (TPSA) is 15.3 Å². The summed E-state index contributed by atoms with van der Waals surface area (Å²) in [6.07, 6.45) is 5.58. The van der Waals surface area contributed by atoms with E-state index < -0.39 is 0 Å². The third-order valence-corrected chi connectivity index (χ3v) is 4.23. The Balaban J connectivity index is 1.84. The minimum absolute atomic E-state index is 0.182. The molecule has 0 radical (unpaired) electrons. The maximum atomic E-state index is 3.53. The maximum Gasteiger partial charge on any atom is 0.0233 e. The van der Waals surface area contributed by atoms with Gasteiger partial charge in [0.15, 0.2) is 0 Å². The molecular formula is C18H30N2. The molecule has 0 unspecified atom stereocenters. The van der Waals surface area contributed by atoms with Gasteiger partial charge in [-0.05, 0) is 51.8 Å². The highest BCUT2D eigenvalue weighted by Gasteiger charge is 2.19. The van der Waals surface area contributed by atoms with Gasteiger partial charge < -0.3 is 5.32 Å². The monoisotopic (exact) mass is 274 g/mol. The van der Waals surface area contributed by atoms with Crippen LogP contribution in [0.1, 0.15) is 57.6 Å². The van der Waals surface area contributed by atoms with Crippen molar-refractivity contribution in [1.29, 1.82) is 0 Å². The fourth-order valence-corrected chi connectivity index (χ4v) is 2.89. The van der Waals surface area contributed by atoms with E-state index in [1.807, 2.05) is 0 Å². The van der Waals surface area contributed by atoms with Crippen molar-refractivity contribution in [2.75, 3.05) is 7.05 Å². The third kappa shape index (κ3) is 4.92. The smallest absolute Gasteiger partial charge is 0.0233 e. The molecule has 0 aliphatic heterocycles. The van der Waals surface area contributed by atoms with Crippen molar-refractivity contribution in [3.8, 4) is 0 Å². The first-order valence-corrected chi connectivity index (χ1v) is 7.97. The Hall–Kier alpha value is -0.860. The van der Waals surface area contributed by atoms with Gasteiger partial charge in [0.2, 0.25) is 0 Å². The minimum Gasteiger partial charge on any atom is -0.308 e. The SMILES string of the molecule is CN(Cc1ccc(CNC(C)(C)C)cc1)C1CCCC1. The van der Waals surface area contributed by atoms with Gasteiger partial charge in [-0.1, -0.05) is 37.1 Å². The molecule has 20 heavy (non-hydrogen) atoms. The molecule has 0 aromatic heterocycles. The average molecular weight is 274 g/mol. The normalized spacial score (nSPS) is 17.1. The fourth-order valence-electron chi connectivity index (χ4n) is 2.89. The molecule has 1 aromatic rings. The zero-order chi connectivity index (χ0) is 14.6. The van der Waals surface area contributed by atoms with Crippen molar-refractivity contribution in [2.45, 2.75) is 71.1 Å². The van der Waals surface area contributed by atoms with Crippen LogP contribution in [0.3, 0.4) is 0 Å². The molecule has 1 saturated carbocycles. The highest BCUT2D eigenvalue weighted by atomic mass is 15.1. The fraction of sp³-hybridized carbons (Fsp3) is 0.667. The second kappa shape index (κ2) is 6.73. The quantitative estimate of drug-likeness (QED) is 0.874. The van der Waals surface area contributed by atoms with E-state index in [1.165, 1.54) is 36.8 Å². The van der Waals surface area contributed by atoms with Crippen LogP contribution in [0.5, 0.6) is 0 Å². The van der Waals surface area contributed by atoms with E-state index in [0.29, 0.717) is 0 Å². The summed E-state index contributed by atoms with van der Waals surface area (Å²) in [4.78, 5) is 2.52. The van der Waals surface area contributed by atoms with Crippen molar-refractivity contribution >= 4 is 0 Å². The predicted molar refractivity (Wildman–Crippen MR) is 86.8 cm³/mol. The number of hydrogen-bond donors (Lipinski definition) is 1. The second-order valence-electron chi connectivity index (χ2n) is 7.27. The van der Waals surface area contributed by atoms with Crippen LogP contribution < -0.4 is 5.32 Å². The molecule has 2 heteroatoms. The lowest BCUT2D eigenvalue weighted by atomic mass is 10.1. The summed E-state index contributed by atoms with van der Waals surface area (Å²) >= 11 is 0. The summed E-state index contributed by atoms with van der Waals surface area (Å²) in [6, 6.07) is 9.89. The van der Waals surface area contributed by atoms with Crippen LogP contribution >= 0.6 is 0 Å². The summed E-state index contributed by atoms with van der Waals surface area (Å²) < 4.78 is 0. The molecule has 0 heterocycles. The van der Waals surface area contributed by atoms with Crippen LogP contribution in [-0.2, 0) is 13.1 Å². The summed E-state index contributed by atoms with van der Waals surface area (Å²) in [6.45, 7) is 8.65. The molecule has 0 amide bonds. The molecule has 112 valence electrons. The third-order valence-electron chi connectivity index (χ3n) is 4.23. The average Bonchev–Trinajstić information content (AvgIpc) is 2.91. The van der Waals surface area contributed by atoms with E-state index >= 15 is 0 Å². The summed E-state index contributed by atoms with van der Waals surface area (Å²) in [7, 11) is 2.27. The highest BCUT2D eigenvalue weighted by molar-refractivity contribution is 5.22. The first-order chi connectivity index (χ1) is 9.44. The van der Waals surface area contributed by atoms with Crippen molar-refractivity contribution in [2.24, 2.45) is 0 Å². The number of nitrogens with one attached hydrogen (secondary N) is 1. The van der Waals surface area contributed by atoms with Gasteiger partial charge in [-0.2, -0.15) is 0 Å². The van der Waals surface area contributed by atoms with E-state index in [9.17, 15) is 0 Å². The van der Waals surface area contributed by atoms with Gasteiger partial charge in [-0.25, -0.2) is 0 Å². The van der Waals surface area contributed by atoms with E-state index in [2.05, 4.69) is 62.3 Å². The summed E-state index contributed by atoms with van der Waals surface area (Å²) in [5.74, 6) is 0.